The molecule has 4 nitrogen and oxygen atoms in total. The van der Waals surface area contributed by atoms with E-state index in [0.717, 1.165) is 45.9 Å². The Bertz CT molecular complexity index is 1110. The molecule has 3 aromatic carbocycles. The van der Waals surface area contributed by atoms with Crippen LogP contribution in [-0.2, 0) is 18.4 Å². The number of anilines is 1. The first-order valence-corrected chi connectivity index (χ1v) is 11.6. The average Bonchev–Trinajstić information content (AvgIpc) is 2.79. The van der Waals surface area contributed by atoms with E-state index < -0.39 is 0 Å². The van der Waals surface area contributed by atoms with Crippen LogP contribution in [0.15, 0.2) is 60.7 Å². The number of hydrogen-bond acceptors (Lipinski definition) is 3. The highest BCUT2D eigenvalue weighted by molar-refractivity contribution is 6.05. The molecular formula is C29H35NO3. The second-order valence-corrected chi connectivity index (χ2v) is 9.21. The van der Waals surface area contributed by atoms with E-state index in [2.05, 4.69) is 39.1 Å². The normalized spacial score (nSPS) is 11.2. The van der Waals surface area contributed by atoms with E-state index in [0.29, 0.717) is 18.8 Å². The smallest absolute Gasteiger partial charge is 0.255 e. The van der Waals surface area contributed by atoms with E-state index >= 15 is 0 Å². The Balaban J connectivity index is 1.87. The number of amides is 1. The Hall–Kier alpha value is -3.27. The number of ether oxygens (including phenoxy) is 2. The van der Waals surface area contributed by atoms with Gasteiger partial charge in [-0.1, -0.05) is 64.1 Å². The predicted octanol–water partition coefficient (Wildman–Crippen LogP) is 7.08. The summed E-state index contributed by atoms with van der Waals surface area (Å²) in [7, 11) is 0. The fourth-order valence-corrected chi connectivity index (χ4v) is 3.89. The number of aryl methyl sites for hydroxylation is 2. The SMILES string of the molecule is CCOc1ccc(C(=O)Nc2c(C)cccc2CC)cc1COc1ccccc1C(C)(C)C. The molecule has 3 rings (SSSR count). The molecule has 174 valence electrons. The van der Waals surface area contributed by atoms with Gasteiger partial charge in [0.05, 0.1) is 6.61 Å². The van der Waals surface area contributed by atoms with Crippen LogP contribution < -0.4 is 14.8 Å². The fourth-order valence-electron chi connectivity index (χ4n) is 3.89. The van der Waals surface area contributed by atoms with Crippen LogP contribution in [0.2, 0.25) is 0 Å². The van der Waals surface area contributed by atoms with Crippen molar-refractivity contribution < 1.29 is 14.3 Å². The summed E-state index contributed by atoms with van der Waals surface area (Å²) in [6, 6.07) is 19.7. The highest BCUT2D eigenvalue weighted by Gasteiger charge is 2.19. The van der Waals surface area contributed by atoms with Crippen LogP contribution in [0.3, 0.4) is 0 Å². The van der Waals surface area contributed by atoms with Crippen molar-refractivity contribution in [3.63, 3.8) is 0 Å². The summed E-state index contributed by atoms with van der Waals surface area (Å²) in [4.78, 5) is 13.1. The third-order valence-corrected chi connectivity index (χ3v) is 5.68. The summed E-state index contributed by atoms with van der Waals surface area (Å²) >= 11 is 0. The van der Waals surface area contributed by atoms with Gasteiger partial charge in [-0.2, -0.15) is 0 Å². The molecule has 0 aliphatic carbocycles. The molecule has 0 heterocycles. The first kappa shape index (κ1) is 24.4. The Kier molecular flexibility index (Phi) is 7.80. The lowest BCUT2D eigenvalue weighted by molar-refractivity contribution is 0.102. The summed E-state index contributed by atoms with van der Waals surface area (Å²) in [6.45, 7) is 13.4. The van der Waals surface area contributed by atoms with Gasteiger partial charge >= 0.3 is 0 Å². The number of nitrogens with one attached hydrogen (secondary N) is 1. The molecule has 0 unspecified atom stereocenters. The van der Waals surface area contributed by atoms with Gasteiger partial charge in [-0.3, -0.25) is 4.79 Å². The topological polar surface area (TPSA) is 47.6 Å². The summed E-state index contributed by atoms with van der Waals surface area (Å²) in [6.07, 6.45) is 0.854. The number of benzene rings is 3. The number of hydrogen-bond donors (Lipinski definition) is 1. The molecule has 0 radical (unpaired) electrons. The predicted molar refractivity (Wildman–Crippen MR) is 136 cm³/mol. The van der Waals surface area contributed by atoms with E-state index in [1.807, 2.05) is 62.4 Å². The maximum absolute atomic E-state index is 13.1. The van der Waals surface area contributed by atoms with Crippen molar-refractivity contribution in [1.29, 1.82) is 0 Å². The van der Waals surface area contributed by atoms with Crippen molar-refractivity contribution in [2.45, 2.75) is 60.0 Å². The van der Waals surface area contributed by atoms with E-state index in [1.54, 1.807) is 6.07 Å². The second-order valence-electron chi connectivity index (χ2n) is 9.21. The molecule has 0 aliphatic rings. The fraction of sp³-hybridized carbons (Fsp3) is 0.345. The molecule has 0 spiro atoms. The summed E-state index contributed by atoms with van der Waals surface area (Å²) in [5.41, 5.74) is 5.58. The molecule has 1 N–H and O–H groups in total. The molecule has 0 bridgehead atoms. The van der Waals surface area contributed by atoms with Crippen LogP contribution >= 0.6 is 0 Å². The van der Waals surface area contributed by atoms with Crippen LogP contribution in [0.4, 0.5) is 5.69 Å². The minimum atomic E-state index is -0.140. The largest absolute Gasteiger partial charge is 0.493 e. The highest BCUT2D eigenvalue weighted by Crippen LogP contribution is 2.32. The lowest BCUT2D eigenvalue weighted by atomic mass is 9.86. The molecule has 0 saturated carbocycles. The molecule has 4 heteroatoms. The number of rotatable bonds is 8. The number of carbonyl (C=O) groups excluding carboxylic acids is 1. The summed E-state index contributed by atoms with van der Waals surface area (Å²) < 4.78 is 12.1. The van der Waals surface area contributed by atoms with Crippen molar-refractivity contribution in [2.24, 2.45) is 0 Å². The molecule has 3 aromatic rings. The first-order chi connectivity index (χ1) is 15.7. The molecule has 0 saturated heterocycles. The minimum Gasteiger partial charge on any atom is -0.493 e. The van der Waals surface area contributed by atoms with Gasteiger partial charge in [0, 0.05) is 16.8 Å². The van der Waals surface area contributed by atoms with Crippen molar-refractivity contribution in [2.75, 3.05) is 11.9 Å². The highest BCUT2D eigenvalue weighted by atomic mass is 16.5. The summed E-state index contributed by atoms with van der Waals surface area (Å²) in [5.74, 6) is 1.43. The maximum Gasteiger partial charge on any atom is 0.255 e. The van der Waals surface area contributed by atoms with Gasteiger partial charge in [-0.05, 0) is 66.6 Å². The lowest BCUT2D eigenvalue weighted by Crippen LogP contribution is -2.15. The van der Waals surface area contributed by atoms with Crippen LogP contribution in [-0.4, -0.2) is 12.5 Å². The zero-order chi connectivity index (χ0) is 24.0. The van der Waals surface area contributed by atoms with Crippen molar-refractivity contribution in [1.82, 2.24) is 0 Å². The van der Waals surface area contributed by atoms with Crippen LogP contribution in [0.5, 0.6) is 11.5 Å². The molecule has 1 amide bonds. The average molecular weight is 446 g/mol. The van der Waals surface area contributed by atoms with E-state index in [4.69, 9.17) is 9.47 Å². The first-order valence-electron chi connectivity index (χ1n) is 11.6. The number of para-hydroxylation sites is 2. The Morgan fingerprint density at radius 3 is 2.33 bits per heavy atom. The third kappa shape index (κ3) is 5.95. The van der Waals surface area contributed by atoms with Crippen LogP contribution in [0, 0.1) is 6.92 Å². The maximum atomic E-state index is 13.1. The van der Waals surface area contributed by atoms with Crippen molar-refractivity contribution >= 4 is 11.6 Å². The zero-order valence-corrected chi connectivity index (χ0v) is 20.6. The van der Waals surface area contributed by atoms with E-state index in [9.17, 15) is 4.79 Å². The number of carbonyl (C=O) groups is 1. The molecule has 0 atom stereocenters. The summed E-state index contributed by atoms with van der Waals surface area (Å²) in [5, 5.41) is 3.11. The lowest BCUT2D eigenvalue weighted by Gasteiger charge is -2.23. The quantitative estimate of drug-likeness (QED) is 0.403. The van der Waals surface area contributed by atoms with Gasteiger partial charge in [0.15, 0.2) is 0 Å². The van der Waals surface area contributed by atoms with Gasteiger partial charge in [0.25, 0.3) is 5.91 Å². The third-order valence-electron chi connectivity index (χ3n) is 5.68. The Labute approximate surface area is 197 Å². The molecule has 33 heavy (non-hydrogen) atoms. The van der Waals surface area contributed by atoms with Gasteiger partial charge in [-0.25, -0.2) is 0 Å². The van der Waals surface area contributed by atoms with Crippen LogP contribution in [0.1, 0.15) is 67.2 Å². The Morgan fingerprint density at radius 2 is 1.64 bits per heavy atom. The second kappa shape index (κ2) is 10.6. The van der Waals surface area contributed by atoms with Gasteiger partial charge < -0.3 is 14.8 Å². The monoisotopic (exact) mass is 445 g/mol. The van der Waals surface area contributed by atoms with Crippen LogP contribution in [0.25, 0.3) is 0 Å². The van der Waals surface area contributed by atoms with Gasteiger partial charge in [-0.15, -0.1) is 0 Å². The standard InChI is InChI=1S/C29H35NO3/c1-7-21-13-11-12-20(3)27(21)30-28(31)22-16-17-25(32-8-2)23(18-22)19-33-26-15-10-9-14-24(26)29(4,5)6/h9-18H,7-8,19H2,1-6H3,(H,30,31). The van der Waals surface area contributed by atoms with E-state index in [-0.39, 0.29) is 11.3 Å². The molecule has 0 aliphatic heterocycles. The van der Waals surface area contributed by atoms with Gasteiger partial charge in [0.1, 0.15) is 18.1 Å². The Morgan fingerprint density at radius 1 is 0.879 bits per heavy atom. The van der Waals surface area contributed by atoms with Gasteiger partial charge in [0.2, 0.25) is 0 Å². The van der Waals surface area contributed by atoms with Crippen molar-refractivity contribution in [3.8, 4) is 11.5 Å². The minimum absolute atomic E-state index is 0.0361. The molecular weight excluding hydrogens is 410 g/mol. The van der Waals surface area contributed by atoms with E-state index in [1.165, 1.54) is 0 Å². The molecule has 0 fully saturated rings. The van der Waals surface area contributed by atoms with Crippen molar-refractivity contribution in [3.05, 3.63) is 88.5 Å². The molecule has 0 aromatic heterocycles. The zero-order valence-electron chi connectivity index (χ0n) is 20.6.